The van der Waals surface area contributed by atoms with Crippen LogP contribution in [-0.4, -0.2) is 23.4 Å². The molecule has 0 aliphatic heterocycles. The third-order valence-electron chi connectivity index (χ3n) is 6.28. The Balaban J connectivity index is 1.59. The summed E-state index contributed by atoms with van der Waals surface area (Å²) in [5.41, 5.74) is 0.487. The lowest BCUT2D eigenvalue weighted by Crippen LogP contribution is -2.57. The van der Waals surface area contributed by atoms with Crippen LogP contribution >= 0.6 is 15.9 Å². The molecular formula is C21H28BrNO3. The molecule has 2 atom stereocenters. The van der Waals surface area contributed by atoms with E-state index in [1.165, 1.54) is 19.3 Å². The van der Waals surface area contributed by atoms with Crippen LogP contribution in [0, 0.1) is 17.3 Å². The van der Waals surface area contributed by atoms with E-state index in [9.17, 15) is 4.79 Å². The van der Waals surface area contributed by atoms with Crippen molar-refractivity contribution in [3.05, 3.63) is 18.2 Å². The smallest absolute Gasteiger partial charge is 0.230 e. The van der Waals surface area contributed by atoms with Gasteiger partial charge in [-0.15, -0.1) is 0 Å². The molecule has 4 bridgehead atoms. The summed E-state index contributed by atoms with van der Waals surface area (Å²) in [6.45, 7) is 5.08. The Labute approximate surface area is 164 Å². The van der Waals surface area contributed by atoms with Crippen molar-refractivity contribution in [2.75, 3.05) is 18.5 Å². The highest BCUT2D eigenvalue weighted by atomic mass is 79.9. The zero-order valence-corrected chi connectivity index (χ0v) is 17.2. The molecule has 0 radical (unpaired) electrons. The van der Waals surface area contributed by atoms with E-state index in [0.717, 1.165) is 30.7 Å². The molecule has 26 heavy (non-hydrogen) atoms. The zero-order valence-electron chi connectivity index (χ0n) is 15.6. The minimum absolute atomic E-state index is 0.157. The zero-order chi connectivity index (χ0) is 18.4. The van der Waals surface area contributed by atoms with Crippen molar-refractivity contribution in [2.45, 2.75) is 56.7 Å². The lowest BCUT2D eigenvalue weighted by molar-refractivity contribution is -0.138. The predicted molar refractivity (Wildman–Crippen MR) is 106 cm³/mol. The van der Waals surface area contributed by atoms with Gasteiger partial charge in [0, 0.05) is 10.4 Å². The number of halogens is 1. The maximum atomic E-state index is 13.4. The van der Waals surface area contributed by atoms with Gasteiger partial charge in [-0.3, -0.25) is 4.79 Å². The average molecular weight is 422 g/mol. The van der Waals surface area contributed by atoms with Crippen LogP contribution in [0.25, 0.3) is 0 Å². The first kappa shape index (κ1) is 18.1. The van der Waals surface area contributed by atoms with Gasteiger partial charge < -0.3 is 14.8 Å². The maximum Gasteiger partial charge on any atom is 0.230 e. The minimum Gasteiger partial charge on any atom is -0.494 e. The van der Waals surface area contributed by atoms with Crippen LogP contribution < -0.4 is 14.8 Å². The maximum absolute atomic E-state index is 13.4. The molecule has 4 nitrogen and oxygen atoms in total. The molecule has 4 fully saturated rings. The summed E-state index contributed by atoms with van der Waals surface area (Å²) >= 11 is 3.99. The van der Waals surface area contributed by atoms with Gasteiger partial charge >= 0.3 is 0 Å². The Hall–Kier alpha value is -1.23. The average Bonchev–Trinajstić information content (AvgIpc) is 2.55. The first-order chi connectivity index (χ1) is 12.5. The van der Waals surface area contributed by atoms with Gasteiger partial charge in [0.1, 0.15) is 11.5 Å². The lowest BCUT2D eigenvalue weighted by Gasteiger charge is -2.59. The Morgan fingerprint density at radius 1 is 1.15 bits per heavy atom. The van der Waals surface area contributed by atoms with Gasteiger partial charge in [0.15, 0.2) is 0 Å². The monoisotopic (exact) mass is 421 g/mol. The van der Waals surface area contributed by atoms with Gasteiger partial charge in [-0.1, -0.05) is 15.9 Å². The van der Waals surface area contributed by atoms with Crippen LogP contribution in [0.3, 0.4) is 0 Å². The summed E-state index contributed by atoms with van der Waals surface area (Å²) in [6, 6.07) is 5.66. The Morgan fingerprint density at radius 2 is 1.85 bits per heavy atom. The number of anilines is 1. The number of hydrogen-bond acceptors (Lipinski definition) is 3. The van der Waals surface area contributed by atoms with Gasteiger partial charge in [0.2, 0.25) is 5.91 Å². The molecule has 0 saturated heterocycles. The first-order valence-electron chi connectivity index (χ1n) is 9.85. The molecule has 5 rings (SSSR count). The summed E-state index contributed by atoms with van der Waals surface area (Å²) in [4.78, 5) is 13.4. The SMILES string of the molecule is CCOc1ccc(OCC)c(NC(=O)C23CC4CC(CC(Br)(C4)C2)C3)c1. The highest BCUT2D eigenvalue weighted by Gasteiger charge is 2.59. The second-order valence-electron chi connectivity index (χ2n) is 8.37. The molecular weight excluding hydrogens is 394 g/mol. The fourth-order valence-electron chi connectivity index (χ4n) is 5.82. The highest BCUT2D eigenvalue weighted by molar-refractivity contribution is 9.10. The van der Waals surface area contributed by atoms with Crippen molar-refractivity contribution in [3.8, 4) is 11.5 Å². The van der Waals surface area contributed by atoms with Gasteiger partial charge in [-0.05, 0) is 76.3 Å². The molecule has 1 amide bonds. The van der Waals surface area contributed by atoms with Crippen molar-refractivity contribution < 1.29 is 14.3 Å². The number of rotatable bonds is 6. The Morgan fingerprint density at radius 3 is 2.46 bits per heavy atom. The lowest BCUT2D eigenvalue weighted by atomic mass is 9.49. The van der Waals surface area contributed by atoms with Crippen molar-refractivity contribution in [3.63, 3.8) is 0 Å². The standard InChI is InChI=1S/C21H28BrNO3/c1-3-25-16-5-6-18(26-4-2)17(8-16)23-19(24)20-9-14-7-15(10-20)12-21(22,11-14)13-20/h5-6,8,14-15H,3-4,7,9-13H2,1-2H3,(H,23,24). The number of amides is 1. The molecule has 142 valence electrons. The van der Waals surface area contributed by atoms with Crippen LogP contribution in [0.1, 0.15) is 52.4 Å². The van der Waals surface area contributed by atoms with Gasteiger partial charge in [0.05, 0.1) is 24.3 Å². The number of alkyl halides is 1. The molecule has 1 aromatic carbocycles. The van der Waals surface area contributed by atoms with Crippen molar-refractivity contribution >= 4 is 27.5 Å². The quantitative estimate of drug-likeness (QED) is 0.645. The van der Waals surface area contributed by atoms with Crippen molar-refractivity contribution in [1.82, 2.24) is 0 Å². The fraction of sp³-hybridized carbons (Fsp3) is 0.667. The van der Waals surface area contributed by atoms with E-state index in [1.807, 2.05) is 32.0 Å². The Kier molecular flexibility index (Phi) is 4.70. The number of nitrogens with one attached hydrogen (secondary N) is 1. The Bertz CT molecular complexity index is 690. The number of ether oxygens (including phenoxy) is 2. The van der Waals surface area contributed by atoms with Gasteiger partial charge in [-0.25, -0.2) is 0 Å². The van der Waals surface area contributed by atoms with Gasteiger partial charge in [-0.2, -0.15) is 0 Å². The van der Waals surface area contributed by atoms with Crippen LogP contribution in [0.4, 0.5) is 5.69 Å². The summed E-state index contributed by atoms with van der Waals surface area (Å²) in [7, 11) is 0. The largest absolute Gasteiger partial charge is 0.494 e. The van der Waals surface area contributed by atoms with Crippen LogP contribution in [0.2, 0.25) is 0 Å². The van der Waals surface area contributed by atoms with E-state index in [2.05, 4.69) is 21.2 Å². The molecule has 4 aliphatic rings. The van der Waals surface area contributed by atoms with Crippen LogP contribution in [0.5, 0.6) is 11.5 Å². The minimum atomic E-state index is -0.237. The number of carbonyl (C=O) groups excluding carboxylic acids is 1. The van der Waals surface area contributed by atoms with Crippen LogP contribution in [0.15, 0.2) is 18.2 Å². The van der Waals surface area contributed by atoms with E-state index in [0.29, 0.717) is 30.8 Å². The fourth-order valence-corrected chi connectivity index (χ4v) is 7.27. The van der Waals surface area contributed by atoms with E-state index in [4.69, 9.17) is 9.47 Å². The number of benzene rings is 1. The third-order valence-corrected chi connectivity index (χ3v) is 7.21. The molecule has 0 heterocycles. The molecule has 2 unspecified atom stereocenters. The van der Waals surface area contributed by atoms with E-state index in [-0.39, 0.29) is 15.6 Å². The molecule has 0 aromatic heterocycles. The summed E-state index contributed by atoms with van der Waals surface area (Å²) in [5.74, 6) is 2.99. The predicted octanol–water partition coefficient (Wildman–Crippen LogP) is 5.16. The normalized spacial score (nSPS) is 34.6. The molecule has 5 heteroatoms. The summed E-state index contributed by atoms with van der Waals surface area (Å²) < 4.78 is 11.5. The third kappa shape index (κ3) is 3.23. The van der Waals surface area contributed by atoms with E-state index in [1.54, 1.807) is 0 Å². The summed E-state index contributed by atoms with van der Waals surface area (Å²) in [5, 5.41) is 3.20. The summed E-state index contributed by atoms with van der Waals surface area (Å²) in [6.07, 6.45) is 6.75. The highest BCUT2D eigenvalue weighted by Crippen LogP contribution is 2.64. The number of carbonyl (C=O) groups is 1. The second kappa shape index (κ2) is 6.74. The topological polar surface area (TPSA) is 47.6 Å². The van der Waals surface area contributed by atoms with Crippen molar-refractivity contribution in [2.24, 2.45) is 17.3 Å². The number of hydrogen-bond donors (Lipinski definition) is 1. The van der Waals surface area contributed by atoms with Crippen molar-refractivity contribution in [1.29, 1.82) is 0 Å². The first-order valence-corrected chi connectivity index (χ1v) is 10.6. The molecule has 4 aliphatic carbocycles. The molecule has 1 aromatic rings. The second-order valence-corrected chi connectivity index (χ2v) is 10.1. The molecule has 0 spiro atoms. The van der Waals surface area contributed by atoms with E-state index >= 15 is 0 Å². The van der Waals surface area contributed by atoms with Gasteiger partial charge in [0.25, 0.3) is 0 Å². The molecule has 4 saturated carbocycles. The van der Waals surface area contributed by atoms with E-state index < -0.39 is 0 Å². The van der Waals surface area contributed by atoms with Crippen LogP contribution in [-0.2, 0) is 4.79 Å². The molecule has 1 N–H and O–H groups in total.